The fraction of sp³-hybridized carbons (Fsp3) is 0.471. The van der Waals surface area contributed by atoms with E-state index in [9.17, 15) is 14.7 Å². The number of aliphatic carboxylic acids is 1. The van der Waals surface area contributed by atoms with E-state index in [1.54, 1.807) is 31.6 Å². The van der Waals surface area contributed by atoms with E-state index < -0.39 is 23.7 Å². The summed E-state index contributed by atoms with van der Waals surface area (Å²) in [6.45, 7) is 7.12. The number of nitrogens with zero attached hydrogens (tertiary/aromatic N) is 2. The number of benzene rings is 1. The summed E-state index contributed by atoms with van der Waals surface area (Å²) in [4.78, 5) is 23.3. The zero-order valence-electron chi connectivity index (χ0n) is 14.6. The van der Waals surface area contributed by atoms with Crippen molar-refractivity contribution in [1.29, 1.82) is 0 Å². The lowest BCUT2D eigenvalue weighted by Gasteiger charge is -2.22. The molecule has 7 heteroatoms. The van der Waals surface area contributed by atoms with Crippen molar-refractivity contribution >= 4 is 23.0 Å². The molecule has 1 heterocycles. The van der Waals surface area contributed by atoms with E-state index in [1.807, 2.05) is 26.1 Å². The lowest BCUT2D eigenvalue weighted by molar-refractivity contribution is -0.139. The maximum atomic E-state index is 11.8. The molecule has 0 aliphatic heterocycles. The molecule has 2 N–H and O–H groups in total. The largest absolute Gasteiger partial charge is 0.480 e. The summed E-state index contributed by atoms with van der Waals surface area (Å²) in [5.74, 6) is -1.11. The number of rotatable bonds is 4. The predicted molar refractivity (Wildman–Crippen MR) is 89.9 cm³/mol. The number of aromatic nitrogens is 2. The molecule has 0 saturated carbocycles. The summed E-state index contributed by atoms with van der Waals surface area (Å²) < 4.78 is 6.91. The van der Waals surface area contributed by atoms with Gasteiger partial charge in [0.25, 0.3) is 0 Å². The van der Waals surface area contributed by atoms with Gasteiger partial charge in [-0.2, -0.15) is 5.10 Å². The minimum Gasteiger partial charge on any atom is -0.480 e. The lowest BCUT2D eigenvalue weighted by Crippen LogP contribution is -2.44. The molecule has 0 saturated heterocycles. The van der Waals surface area contributed by atoms with Crippen molar-refractivity contribution in [1.82, 2.24) is 15.1 Å². The van der Waals surface area contributed by atoms with Crippen LogP contribution in [0.15, 0.2) is 18.3 Å². The molecule has 0 aliphatic rings. The number of alkyl carbamates (subject to hydrolysis) is 1. The minimum absolute atomic E-state index is 0.167. The van der Waals surface area contributed by atoms with E-state index in [1.165, 1.54) is 0 Å². The Kier molecular flexibility index (Phi) is 4.82. The van der Waals surface area contributed by atoms with Gasteiger partial charge < -0.3 is 15.2 Å². The Balaban J connectivity index is 2.19. The Morgan fingerprint density at radius 3 is 2.62 bits per heavy atom. The van der Waals surface area contributed by atoms with Crippen molar-refractivity contribution in [3.05, 3.63) is 29.5 Å². The van der Waals surface area contributed by atoms with Crippen LogP contribution in [0, 0.1) is 6.92 Å². The van der Waals surface area contributed by atoms with Crippen molar-refractivity contribution in [2.45, 2.75) is 45.8 Å². The number of fused-ring (bicyclic) bond motifs is 1. The highest BCUT2D eigenvalue weighted by molar-refractivity contribution is 5.84. The highest BCUT2D eigenvalue weighted by atomic mass is 16.6. The van der Waals surface area contributed by atoms with E-state index in [-0.39, 0.29) is 6.42 Å². The van der Waals surface area contributed by atoms with Gasteiger partial charge in [0.05, 0.1) is 11.7 Å². The van der Waals surface area contributed by atoms with Gasteiger partial charge in [0.1, 0.15) is 11.6 Å². The number of hydrogen-bond donors (Lipinski definition) is 2. The number of hydrogen-bond acceptors (Lipinski definition) is 4. The Morgan fingerprint density at radius 1 is 1.38 bits per heavy atom. The third kappa shape index (κ3) is 4.24. The van der Waals surface area contributed by atoms with Crippen molar-refractivity contribution in [2.75, 3.05) is 0 Å². The van der Waals surface area contributed by atoms with Crippen LogP contribution in [0.1, 0.15) is 31.9 Å². The van der Waals surface area contributed by atoms with Gasteiger partial charge in [-0.25, -0.2) is 9.59 Å². The van der Waals surface area contributed by atoms with Crippen LogP contribution in [0.3, 0.4) is 0 Å². The first-order chi connectivity index (χ1) is 11.1. The molecule has 0 aliphatic carbocycles. The molecule has 130 valence electrons. The third-order valence-corrected chi connectivity index (χ3v) is 3.51. The Labute approximate surface area is 140 Å². The average Bonchev–Trinajstić information content (AvgIpc) is 2.77. The molecule has 1 aromatic heterocycles. The van der Waals surface area contributed by atoms with Gasteiger partial charge >= 0.3 is 12.1 Å². The summed E-state index contributed by atoms with van der Waals surface area (Å²) in [7, 11) is 1.86. The summed E-state index contributed by atoms with van der Waals surface area (Å²) >= 11 is 0. The summed E-state index contributed by atoms with van der Waals surface area (Å²) in [5.41, 5.74) is 2.14. The number of amides is 1. The molecule has 24 heavy (non-hydrogen) atoms. The summed E-state index contributed by atoms with van der Waals surface area (Å²) in [6, 6.07) is 2.74. The highest BCUT2D eigenvalue weighted by Gasteiger charge is 2.24. The minimum atomic E-state index is -1.11. The average molecular weight is 333 g/mol. The van der Waals surface area contributed by atoms with Gasteiger partial charge in [0.15, 0.2) is 0 Å². The van der Waals surface area contributed by atoms with Crippen molar-refractivity contribution in [3.63, 3.8) is 0 Å². The Bertz CT molecular complexity index is 774. The Morgan fingerprint density at radius 2 is 2.04 bits per heavy atom. The second-order valence-electron chi connectivity index (χ2n) is 6.86. The van der Waals surface area contributed by atoms with Gasteiger partial charge in [0.2, 0.25) is 0 Å². The molecule has 0 fully saturated rings. The molecule has 1 amide bonds. The first-order valence-electron chi connectivity index (χ1n) is 7.70. The molecule has 1 atom stereocenters. The standard InChI is InChI=1S/C17H23N3O4/c1-10-6-11(7-12-9-18-20(5)14(10)12)8-13(15(21)22)19-16(23)24-17(2,3)4/h6-7,9,13H,8H2,1-5H3,(H,19,23)(H,21,22)/t13-/m1/s1. The van der Waals surface area contributed by atoms with Crippen LogP contribution in [-0.4, -0.2) is 38.6 Å². The van der Waals surface area contributed by atoms with E-state index >= 15 is 0 Å². The molecule has 2 rings (SSSR count). The molecule has 0 unspecified atom stereocenters. The molecule has 1 aromatic carbocycles. The summed E-state index contributed by atoms with van der Waals surface area (Å²) in [5, 5.41) is 16.9. The van der Waals surface area contributed by atoms with Gasteiger partial charge in [-0.3, -0.25) is 4.68 Å². The zero-order chi connectivity index (χ0) is 18.1. The maximum absolute atomic E-state index is 11.8. The number of carbonyl (C=O) groups excluding carboxylic acids is 1. The van der Waals surface area contributed by atoms with Crippen LogP contribution in [-0.2, 0) is 23.0 Å². The van der Waals surface area contributed by atoms with E-state index in [2.05, 4.69) is 10.4 Å². The van der Waals surface area contributed by atoms with Crippen LogP contribution in [0.2, 0.25) is 0 Å². The van der Waals surface area contributed by atoms with E-state index in [0.29, 0.717) is 0 Å². The maximum Gasteiger partial charge on any atom is 0.408 e. The number of carboxylic acid groups (broad SMARTS) is 1. The fourth-order valence-electron chi connectivity index (χ4n) is 2.63. The van der Waals surface area contributed by atoms with Gasteiger partial charge in [-0.15, -0.1) is 0 Å². The number of ether oxygens (including phenoxy) is 1. The van der Waals surface area contributed by atoms with Gasteiger partial charge in [-0.1, -0.05) is 6.07 Å². The second kappa shape index (κ2) is 6.51. The van der Waals surface area contributed by atoms with Crippen LogP contribution < -0.4 is 5.32 Å². The van der Waals surface area contributed by atoms with Gasteiger partial charge in [-0.05, 0) is 44.9 Å². The highest BCUT2D eigenvalue weighted by Crippen LogP contribution is 2.21. The number of nitrogens with one attached hydrogen (secondary N) is 1. The molecule has 2 aromatic rings. The Hall–Kier alpha value is -2.57. The van der Waals surface area contributed by atoms with Crippen LogP contribution in [0.4, 0.5) is 4.79 Å². The summed E-state index contributed by atoms with van der Waals surface area (Å²) in [6.07, 6.45) is 1.16. The third-order valence-electron chi connectivity index (χ3n) is 3.51. The quantitative estimate of drug-likeness (QED) is 0.896. The van der Waals surface area contributed by atoms with Crippen molar-refractivity contribution in [2.24, 2.45) is 7.05 Å². The molecule has 0 radical (unpaired) electrons. The monoisotopic (exact) mass is 333 g/mol. The topological polar surface area (TPSA) is 93.4 Å². The second-order valence-corrected chi connectivity index (χ2v) is 6.86. The first kappa shape index (κ1) is 17.8. The normalized spacial score (nSPS) is 12.9. The van der Waals surface area contributed by atoms with Crippen LogP contribution in [0.5, 0.6) is 0 Å². The molecular weight excluding hydrogens is 310 g/mol. The van der Waals surface area contributed by atoms with Gasteiger partial charge in [0, 0.05) is 18.9 Å². The van der Waals surface area contributed by atoms with E-state index in [4.69, 9.17) is 4.74 Å². The number of aryl methyl sites for hydroxylation is 2. The fourth-order valence-corrected chi connectivity index (χ4v) is 2.63. The van der Waals surface area contributed by atoms with Crippen LogP contribution in [0.25, 0.3) is 10.9 Å². The molecule has 0 spiro atoms. The predicted octanol–water partition coefficient (Wildman–Crippen LogP) is 2.40. The van der Waals surface area contributed by atoms with Crippen LogP contribution >= 0.6 is 0 Å². The molecule has 0 bridgehead atoms. The lowest BCUT2D eigenvalue weighted by atomic mass is 10.0. The first-order valence-corrected chi connectivity index (χ1v) is 7.70. The SMILES string of the molecule is Cc1cc(C[C@@H](NC(=O)OC(C)(C)C)C(=O)O)cc2cnn(C)c12. The van der Waals surface area contributed by atoms with Crippen molar-refractivity contribution in [3.8, 4) is 0 Å². The molecular formula is C17H23N3O4. The zero-order valence-corrected chi connectivity index (χ0v) is 14.6. The number of carbonyl (C=O) groups is 2. The molecule has 7 nitrogen and oxygen atoms in total. The van der Waals surface area contributed by atoms with E-state index in [0.717, 1.165) is 22.0 Å². The van der Waals surface area contributed by atoms with Crippen molar-refractivity contribution < 1.29 is 19.4 Å². The smallest absolute Gasteiger partial charge is 0.408 e. The number of carboxylic acids is 1.